The van der Waals surface area contributed by atoms with Crippen molar-refractivity contribution in [3.8, 4) is 0 Å². The fourth-order valence-electron chi connectivity index (χ4n) is 6.58. The van der Waals surface area contributed by atoms with Gasteiger partial charge in [0.05, 0.1) is 36.5 Å². The molecule has 0 fully saturated rings. The van der Waals surface area contributed by atoms with Crippen LogP contribution < -0.4 is 20.8 Å². The molecular weight excluding hydrogens is 582 g/mol. The topological polar surface area (TPSA) is 121 Å². The largest absolute Gasteiger partial charge is 2.00 e. The van der Waals surface area contributed by atoms with Crippen LogP contribution in [0.1, 0.15) is 58.1 Å². The molecule has 212 valence electrons. The number of esters is 1. The molecule has 0 aromatic carbocycles. The number of aliphatic hydroxyl groups excluding tert-OH is 1. The van der Waals surface area contributed by atoms with Gasteiger partial charge in [-0.05, 0) is 74.5 Å². The third-order valence-corrected chi connectivity index (χ3v) is 9.11. The van der Waals surface area contributed by atoms with Crippen molar-refractivity contribution in [2.24, 2.45) is 26.8 Å². The van der Waals surface area contributed by atoms with Crippen LogP contribution in [0.5, 0.6) is 0 Å². The van der Waals surface area contributed by atoms with Gasteiger partial charge in [0.15, 0.2) is 0 Å². The van der Waals surface area contributed by atoms with Crippen LogP contribution in [0.25, 0.3) is 11.6 Å². The molecule has 0 unspecified atom stereocenters. The van der Waals surface area contributed by atoms with Gasteiger partial charge in [0.1, 0.15) is 0 Å². The summed E-state index contributed by atoms with van der Waals surface area (Å²) in [6.45, 7) is 10.1. The van der Waals surface area contributed by atoms with Gasteiger partial charge in [0.25, 0.3) is 0 Å². The first kappa shape index (κ1) is 30.1. The number of aliphatic imine (C=N–C) groups is 3. The molecule has 6 rings (SSSR count). The summed E-state index contributed by atoms with van der Waals surface area (Å²) in [4.78, 5) is 32.1. The molecule has 1 aromatic rings. The average molecular weight is 616 g/mol. The molecule has 1 aliphatic carbocycles. The van der Waals surface area contributed by atoms with Gasteiger partial charge in [-0.3, -0.25) is 9.79 Å². The number of hydrogen-bond donors (Lipinski definition) is 1. The van der Waals surface area contributed by atoms with Gasteiger partial charge < -0.3 is 19.9 Å². The minimum absolute atomic E-state index is 0. The fourth-order valence-corrected chi connectivity index (χ4v) is 6.58. The van der Waals surface area contributed by atoms with Gasteiger partial charge in [0, 0.05) is 35.2 Å². The Bertz CT molecular complexity index is 1790. The maximum absolute atomic E-state index is 13.4. The van der Waals surface area contributed by atoms with E-state index in [9.17, 15) is 15.0 Å². The molecule has 0 saturated carbocycles. The summed E-state index contributed by atoms with van der Waals surface area (Å²) in [7, 11) is 1.38. The van der Waals surface area contributed by atoms with E-state index in [0.29, 0.717) is 28.8 Å². The minimum atomic E-state index is -0.304. The van der Waals surface area contributed by atoms with E-state index in [1.165, 1.54) is 7.11 Å². The minimum Gasteiger partial charge on any atom is -0.875 e. The predicted molar refractivity (Wildman–Crippen MR) is 158 cm³/mol. The number of carbonyl (C=O) groups excluding carboxylic acids is 1. The second kappa shape index (κ2) is 11.3. The molecule has 5 aliphatic rings. The molecule has 1 aromatic heterocycles. The molecule has 42 heavy (non-hydrogen) atoms. The summed E-state index contributed by atoms with van der Waals surface area (Å²) in [5.41, 5.74) is 10.5. The van der Waals surface area contributed by atoms with Crippen LogP contribution in [0.15, 0.2) is 72.3 Å². The third kappa shape index (κ3) is 4.67. The molecule has 8 nitrogen and oxygen atoms in total. The number of fused-ring (bicyclic) bond motifs is 5. The van der Waals surface area contributed by atoms with E-state index in [4.69, 9.17) is 24.7 Å². The number of carbonyl (C=O) groups is 1. The Morgan fingerprint density at radius 2 is 1.90 bits per heavy atom. The van der Waals surface area contributed by atoms with Gasteiger partial charge in [-0.25, -0.2) is 9.98 Å². The summed E-state index contributed by atoms with van der Waals surface area (Å²) in [5.74, 6) is 0.101. The molecule has 9 heteroatoms. The van der Waals surface area contributed by atoms with Crippen molar-refractivity contribution >= 4 is 34.8 Å². The summed E-state index contributed by atoms with van der Waals surface area (Å²) in [6.07, 6.45) is 7.71. The van der Waals surface area contributed by atoms with E-state index in [1.54, 1.807) is 0 Å². The molecule has 8 bridgehead atoms. The van der Waals surface area contributed by atoms with Crippen molar-refractivity contribution < 1.29 is 39.2 Å². The number of hydrogen-bond acceptors (Lipinski definition) is 7. The zero-order valence-corrected chi connectivity index (χ0v) is 28.1. The fraction of sp³-hybridized carbons (Fsp3) is 0.394. The smallest absolute Gasteiger partial charge is 0.875 e. The normalized spacial score (nSPS) is 22.5. The van der Waals surface area contributed by atoms with E-state index < -0.39 is 0 Å². The van der Waals surface area contributed by atoms with Crippen LogP contribution in [0.4, 0.5) is 0 Å². The second-order valence-electron chi connectivity index (χ2n) is 11.3. The number of nitrogens with zero attached hydrogens (tertiary/aromatic N) is 4. The molecule has 1 N–H and O–H groups in total. The summed E-state index contributed by atoms with van der Waals surface area (Å²) < 4.78 is 4.92. The Kier molecular flexibility index (Phi) is 8.12. The van der Waals surface area contributed by atoms with Crippen molar-refractivity contribution in [1.82, 2.24) is 4.98 Å². The first-order chi connectivity index (χ1) is 19.7. The molecular formula is C33H34N4O4Zn. The Balaban J connectivity index is 0.00000353. The van der Waals surface area contributed by atoms with Gasteiger partial charge in [0.2, 0.25) is 0 Å². The van der Waals surface area contributed by atoms with Crippen molar-refractivity contribution in [2.75, 3.05) is 13.7 Å². The van der Waals surface area contributed by atoms with Gasteiger partial charge >= 0.3 is 25.4 Å². The van der Waals surface area contributed by atoms with E-state index in [0.717, 1.165) is 68.0 Å². The SMILES string of the molecule is CC[C@H]1C2=CC3=C(C)C4=C([O-])CC(=c5[n-]c(c(C)c5CCC(=O)OC)=CC5=NC(=CC(=N2)[C@@H]1C)C(CO)=C5C)C4=N3.[Zn+2]. The van der Waals surface area contributed by atoms with Gasteiger partial charge in [-0.1, -0.05) is 31.1 Å². The molecule has 5 heterocycles. The van der Waals surface area contributed by atoms with Crippen molar-refractivity contribution in [3.63, 3.8) is 0 Å². The number of aliphatic hydroxyl groups is 1. The van der Waals surface area contributed by atoms with Crippen molar-refractivity contribution in [2.45, 2.75) is 60.3 Å². The molecule has 4 aliphatic heterocycles. The van der Waals surface area contributed by atoms with E-state index in [2.05, 4.69) is 13.8 Å². The Hall–Kier alpha value is -3.42. The van der Waals surface area contributed by atoms with Crippen molar-refractivity contribution in [3.05, 3.63) is 79.1 Å². The standard InChI is InChI=1S/C33H35N4O4.Zn/c1-7-19-15(2)24-12-28-22(14-38)17(4)23(35-28)11-25-16(3)20(8-9-30(40)41-6)32(36-25)21-10-29(39)31-18(5)26(37-33(21)31)13-27(19)34-24;/h11-13,15,19,38H,7-10,14H2,1-6H3,(H-,34,35,36,37,39);/q-1;+2/p-1/t15-,19-;/m1./s1. The van der Waals surface area contributed by atoms with Crippen molar-refractivity contribution in [1.29, 1.82) is 0 Å². The van der Waals surface area contributed by atoms with Crippen LogP contribution in [0.3, 0.4) is 0 Å². The number of allylic oxidation sites excluding steroid dienone is 7. The number of ether oxygens (including phenoxy) is 1. The zero-order valence-electron chi connectivity index (χ0n) is 25.1. The van der Waals surface area contributed by atoms with E-state index >= 15 is 0 Å². The average Bonchev–Trinajstić information content (AvgIpc) is 3.70. The Morgan fingerprint density at radius 3 is 2.60 bits per heavy atom. The summed E-state index contributed by atoms with van der Waals surface area (Å²) in [6, 6.07) is 0. The number of aromatic nitrogens is 1. The molecule has 2 atom stereocenters. The summed E-state index contributed by atoms with van der Waals surface area (Å²) >= 11 is 0. The quantitative estimate of drug-likeness (QED) is 0.403. The van der Waals surface area contributed by atoms with Gasteiger partial charge in [-0.2, -0.15) is 0 Å². The zero-order chi connectivity index (χ0) is 29.2. The molecule has 0 spiro atoms. The first-order valence-electron chi connectivity index (χ1n) is 14.2. The number of methoxy groups -OCH3 is 1. The molecule has 0 radical (unpaired) electrons. The van der Waals surface area contributed by atoms with Crippen LogP contribution in [-0.2, 0) is 35.4 Å². The maximum Gasteiger partial charge on any atom is 2.00 e. The Labute approximate surface area is 258 Å². The van der Waals surface area contributed by atoms with Crippen LogP contribution in [0, 0.1) is 18.8 Å². The first-order valence-corrected chi connectivity index (χ1v) is 14.2. The van der Waals surface area contributed by atoms with Gasteiger partial charge in [-0.15, -0.1) is 16.5 Å². The van der Waals surface area contributed by atoms with E-state index in [-0.39, 0.29) is 62.5 Å². The monoisotopic (exact) mass is 614 g/mol. The second-order valence-corrected chi connectivity index (χ2v) is 11.3. The van der Waals surface area contributed by atoms with Crippen LogP contribution in [-0.4, -0.2) is 41.9 Å². The Morgan fingerprint density at radius 1 is 1.14 bits per heavy atom. The van der Waals surface area contributed by atoms with E-state index in [1.807, 2.05) is 39.0 Å². The predicted octanol–water partition coefficient (Wildman–Crippen LogP) is 2.39. The molecule has 0 saturated heterocycles. The number of rotatable bonds is 5. The third-order valence-electron chi connectivity index (χ3n) is 9.11. The van der Waals surface area contributed by atoms with Crippen LogP contribution >= 0.6 is 0 Å². The van der Waals surface area contributed by atoms with Crippen LogP contribution in [0.2, 0.25) is 0 Å². The maximum atomic E-state index is 13.4. The summed E-state index contributed by atoms with van der Waals surface area (Å²) in [5, 5.41) is 25.1. The molecule has 0 amide bonds.